The molecule has 2 aromatic heterocycles. The molecule has 49 heavy (non-hydrogen) atoms. The molecule has 0 atom stereocenters. The van der Waals surface area contributed by atoms with E-state index in [0.29, 0.717) is 0 Å². The third-order valence-corrected chi connectivity index (χ3v) is 10.8. The minimum atomic E-state index is 0.890. The van der Waals surface area contributed by atoms with Crippen LogP contribution in [0.2, 0.25) is 0 Å². The molecule has 3 heteroatoms. The van der Waals surface area contributed by atoms with E-state index in [-0.39, 0.29) is 0 Å². The Hall–Kier alpha value is -6.16. The van der Waals surface area contributed by atoms with Crippen molar-refractivity contribution in [1.82, 2.24) is 0 Å². The Labute approximate surface area is 287 Å². The minimum absolute atomic E-state index is 0.890. The molecule has 0 fully saturated rings. The average molecular weight is 644 g/mol. The monoisotopic (exact) mass is 643 g/mol. The Bertz CT molecular complexity index is 2840. The van der Waals surface area contributed by atoms with Crippen molar-refractivity contribution in [3.8, 4) is 22.3 Å². The van der Waals surface area contributed by atoms with Gasteiger partial charge in [-0.1, -0.05) is 115 Å². The largest absolute Gasteiger partial charge is 0.456 e. The van der Waals surface area contributed by atoms with Gasteiger partial charge in [-0.2, -0.15) is 0 Å². The average Bonchev–Trinajstić information content (AvgIpc) is 3.73. The van der Waals surface area contributed by atoms with Gasteiger partial charge in [-0.05, 0) is 93.7 Å². The molecule has 0 spiro atoms. The molecular formula is C46H29NOS. The van der Waals surface area contributed by atoms with Gasteiger partial charge >= 0.3 is 0 Å². The standard InChI is InChI=1S/C46H29NOS/c1-2-14-36-30(10-1)11-8-17-37(36)32-12-7-13-34(28-32)47(35-26-27-43-41(29-35)39-15-3-5-19-42(39)48-43)33-24-22-31(23-25-33)38-18-9-21-45-46(38)40-16-4-6-20-44(40)49-45/h1-29H. The molecule has 0 unspecified atom stereocenters. The van der Waals surface area contributed by atoms with E-state index < -0.39 is 0 Å². The summed E-state index contributed by atoms with van der Waals surface area (Å²) in [6.07, 6.45) is 0. The van der Waals surface area contributed by atoms with Gasteiger partial charge in [-0.3, -0.25) is 0 Å². The first-order chi connectivity index (χ1) is 24.3. The highest BCUT2D eigenvalue weighted by molar-refractivity contribution is 7.25. The van der Waals surface area contributed by atoms with E-state index in [1.807, 2.05) is 23.5 Å². The number of fused-ring (bicyclic) bond motifs is 7. The van der Waals surface area contributed by atoms with Gasteiger partial charge in [0.15, 0.2) is 0 Å². The van der Waals surface area contributed by atoms with Gasteiger partial charge in [0.2, 0.25) is 0 Å². The molecule has 10 rings (SSSR count). The lowest BCUT2D eigenvalue weighted by Crippen LogP contribution is -2.10. The van der Waals surface area contributed by atoms with Crippen molar-refractivity contribution in [2.45, 2.75) is 0 Å². The fourth-order valence-corrected chi connectivity index (χ4v) is 8.53. The maximum absolute atomic E-state index is 6.22. The van der Waals surface area contributed by atoms with Crippen LogP contribution in [0.5, 0.6) is 0 Å². The molecule has 0 amide bonds. The number of rotatable bonds is 5. The first-order valence-corrected chi connectivity index (χ1v) is 17.4. The minimum Gasteiger partial charge on any atom is -0.456 e. The van der Waals surface area contributed by atoms with Gasteiger partial charge in [0.25, 0.3) is 0 Å². The second kappa shape index (κ2) is 11.2. The highest BCUT2D eigenvalue weighted by Gasteiger charge is 2.18. The topological polar surface area (TPSA) is 16.4 Å². The third-order valence-electron chi connectivity index (χ3n) is 9.66. The normalized spacial score (nSPS) is 11.7. The molecule has 0 saturated heterocycles. The molecule has 0 N–H and O–H groups in total. The highest BCUT2D eigenvalue weighted by Crippen LogP contribution is 2.43. The summed E-state index contributed by atoms with van der Waals surface area (Å²) in [4.78, 5) is 2.36. The Morgan fingerprint density at radius 3 is 1.96 bits per heavy atom. The summed E-state index contributed by atoms with van der Waals surface area (Å²) in [7, 11) is 0. The maximum atomic E-state index is 6.22. The lowest BCUT2D eigenvalue weighted by atomic mass is 9.97. The van der Waals surface area contributed by atoms with Crippen LogP contribution in [0.4, 0.5) is 17.1 Å². The number of nitrogens with zero attached hydrogens (tertiary/aromatic N) is 1. The molecule has 8 aromatic carbocycles. The van der Waals surface area contributed by atoms with Crippen LogP contribution in [0, 0.1) is 0 Å². The molecular weight excluding hydrogens is 615 g/mol. The molecule has 0 saturated carbocycles. The second-order valence-corrected chi connectivity index (χ2v) is 13.6. The predicted octanol–water partition coefficient (Wildman–Crippen LogP) is 13.9. The van der Waals surface area contributed by atoms with Crippen LogP contribution >= 0.6 is 11.3 Å². The molecule has 2 nitrogen and oxygen atoms in total. The van der Waals surface area contributed by atoms with E-state index in [4.69, 9.17) is 4.42 Å². The van der Waals surface area contributed by atoms with Gasteiger partial charge in [0, 0.05) is 48.0 Å². The maximum Gasteiger partial charge on any atom is 0.135 e. The predicted molar refractivity (Wildman–Crippen MR) is 210 cm³/mol. The van der Waals surface area contributed by atoms with Crippen molar-refractivity contribution in [3.63, 3.8) is 0 Å². The van der Waals surface area contributed by atoms with E-state index in [9.17, 15) is 0 Å². The highest BCUT2D eigenvalue weighted by atomic mass is 32.1. The first-order valence-electron chi connectivity index (χ1n) is 16.6. The van der Waals surface area contributed by atoms with Crippen LogP contribution in [0.1, 0.15) is 0 Å². The summed E-state index contributed by atoms with van der Waals surface area (Å²) < 4.78 is 8.86. The number of para-hydroxylation sites is 1. The molecule has 2 heterocycles. The van der Waals surface area contributed by atoms with Crippen LogP contribution in [-0.4, -0.2) is 0 Å². The van der Waals surface area contributed by atoms with Crippen molar-refractivity contribution in [1.29, 1.82) is 0 Å². The van der Waals surface area contributed by atoms with Crippen LogP contribution in [0.25, 0.3) is 75.1 Å². The summed E-state index contributed by atoms with van der Waals surface area (Å²) in [6.45, 7) is 0. The van der Waals surface area contributed by atoms with Gasteiger partial charge in [0.05, 0.1) is 0 Å². The van der Waals surface area contributed by atoms with Crippen LogP contribution in [0.15, 0.2) is 180 Å². The van der Waals surface area contributed by atoms with Crippen molar-refractivity contribution in [2.24, 2.45) is 0 Å². The second-order valence-electron chi connectivity index (χ2n) is 12.5. The molecule has 10 aromatic rings. The Morgan fingerprint density at radius 2 is 1.04 bits per heavy atom. The summed E-state index contributed by atoms with van der Waals surface area (Å²) in [6, 6.07) is 63.3. The van der Waals surface area contributed by atoms with Gasteiger partial charge < -0.3 is 9.32 Å². The fraction of sp³-hybridized carbons (Fsp3) is 0. The Morgan fingerprint density at radius 1 is 0.388 bits per heavy atom. The Kier molecular flexibility index (Phi) is 6.39. The summed E-state index contributed by atoms with van der Waals surface area (Å²) >= 11 is 1.86. The molecule has 0 aliphatic heterocycles. The lowest BCUT2D eigenvalue weighted by Gasteiger charge is -2.26. The number of benzene rings is 8. The molecule has 230 valence electrons. The Balaban J connectivity index is 1.14. The van der Waals surface area contributed by atoms with Gasteiger partial charge in [-0.15, -0.1) is 11.3 Å². The number of thiophene rings is 1. The third kappa shape index (κ3) is 4.62. The zero-order valence-electron chi connectivity index (χ0n) is 26.5. The SMILES string of the molecule is c1cc(-c2cccc3ccccc23)cc(N(c2ccc(-c3cccc4sc5ccccc5c34)cc2)c2ccc3oc4ccccc4c3c2)c1. The zero-order valence-corrected chi connectivity index (χ0v) is 27.3. The first kappa shape index (κ1) is 27.9. The number of furan rings is 1. The number of hydrogen-bond donors (Lipinski definition) is 0. The number of hydrogen-bond acceptors (Lipinski definition) is 3. The molecule has 0 aliphatic rings. The smallest absolute Gasteiger partial charge is 0.135 e. The van der Waals surface area contributed by atoms with E-state index in [2.05, 4.69) is 169 Å². The summed E-state index contributed by atoms with van der Waals surface area (Å²) in [5.41, 5.74) is 9.93. The van der Waals surface area contributed by atoms with E-state index in [1.165, 1.54) is 53.2 Å². The summed E-state index contributed by atoms with van der Waals surface area (Å²) in [5, 5.41) is 7.36. The van der Waals surface area contributed by atoms with E-state index >= 15 is 0 Å². The van der Waals surface area contributed by atoms with Crippen LogP contribution in [-0.2, 0) is 0 Å². The van der Waals surface area contributed by atoms with Gasteiger partial charge in [0.1, 0.15) is 11.2 Å². The van der Waals surface area contributed by atoms with Crippen LogP contribution in [0.3, 0.4) is 0 Å². The van der Waals surface area contributed by atoms with Crippen molar-refractivity contribution >= 4 is 81.3 Å². The quantitative estimate of drug-likeness (QED) is 0.186. The van der Waals surface area contributed by atoms with Crippen molar-refractivity contribution in [2.75, 3.05) is 4.90 Å². The lowest BCUT2D eigenvalue weighted by molar-refractivity contribution is 0.669. The zero-order chi connectivity index (χ0) is 32.3. The summed E-state index contributed by atoms with van der Waals surface area (Å²) in [5.74, 6) is 0. The molecule has 0 bridgehead atoms. The number of anilines is 3. The van der Waals surface area contributed by atoms with E-state index in [0.717, 1.165) is 39.0 Å². The molecule has 0 aliphatic carbocycles. The van der Waals surface area contributed by atoms with E-state index in [1.54, 1.807) is 0 Å². The van der Waals surface area contributed by atoms with Crippen molar-refractivity contribution in [3.05, 3.63) is 176 Å². The van der Waals surface area contributed by atoms with Crippen molar-refractivity contribution < 1.29 is 4.42 Å². The van der Waals surface area contributed by atoms with Crippen LogP contribution < -0.4 is 4.90 Å². The molecule has 0 radical (unpaired) electrons. The van der Waals surface area contributed by atoms with Gasteiger partial charge in [-0.25, -0.2) is 0 Å². The fourth-order valence-electron chi connectivity index (χ4n) is 7.40.